The molecule has 0 aliphatic heterocycles. The third-order valence-corrected chi connectivity index (χ3v) is 3.74. The second-order valence-corrected chi connectivity index (χ2v) is 5.77. The van der Waals surface area contributed by atoms with Crippen LogP contribution in [0.2, 0.25) is 5.02 Å². The summed E-state index contributed by atoms with van der Waals surface area (Å²) >= 11 is 5.62. The van der Waals surface area contributed by atoms with E-state index in [0.717, 1.165) is 22.9 Å². The first-order valence-corrected chi connectivity index (χ1v) is 7.75. The summed E-state index contributed by atoms with van der Waals surface area (Å²) in [6.45, 7) is -0.805. The van der Waals surface area contributed by atoms with Crippen molar-refractivity contribution in [1.82, 2.24) is 9.88 Å². The smallest absolute Gasteiger partial charge is 0.364 e. The Morgan fingerprint density at radius 1 is 1.31 bits per heavy atom. The second-order valence-electron chi connectivity index (χ2n) is 5.36. The van der Waals surface area contributed by atoms with Crippen molar-refractivity contribution in [3.05, 3.63) is 52.6 Å². The number of nitrogens with one attached hydrogen (secondary N) is 2. The van der Waals surface area contributed by atoms with Crippen molar-refractivity contribution in [2.75, 3.05) is 18.5 Å². The van der Waals surface area contributed by atoms with Crippen molar-refractivity contribution < 1.29 is 27.9 Å². The lowest BCUT2D eigenvalue weighted by Crippen LogP contribution is -2.40. The Morgan fingerprint density at radius 3 is 2.62 bits per heavy atom. The number of halogens is 4. The van der Waals surface area contributed by atoms with Gasteiger partial charge in [-0.15, -0.1) is 0 Å². The van der Waals surface area contributed by atoms with E-state index in [1.807, 2.05) is 5.32 Å². The van der Waals surface area contributed by atoms with Gasteiger partial charge in [0.1, 0.15) is 5.82 Å². The lowest BCUT2D eigenvalue weighted by molar-refractivity contribution is -0.148. The molecule has 0 saturated carbocycles. The Morgan fingerprint density at radius 2 is 2.00 bits per heavy atom. The Kier molecular flexibility index (Phi) is 5.94. The second kappa shape index (κ2) is 7.79. The molecule has 0 atom stereocenters. The van der Waals surface area contributed by atoms with Gasteiger partial charge < -0.3 is 20.3 Å². The summed E-state index contributed by atoms with van der Waals surface area (Å²) in [7, 11) is 1.26. The average Bonchev–Trinajstić information content (AvgIpc) is 2.98. The van der Waals surface area contributed by atoms with E-state index < -0.39 is 35.9 Å². The zero-order chi connectivity index (χ0) is 19.5. The number of amides is 2. The molecule has 0 saturated heterocycles. The van der Waals surface area contributed by atoms with Gasteiger partial charge in [0.15, 0.2) is 0 Å². The molecule has 1 aromatic carbocycles. The van der Waals surface area contributed by atoms with Gasteiger partial charge in [-0.1, -0.05) is 11.6 Å². The molecular formula is C16H15ClF3N3O3. The Hall–Kier alpha value is -2.52. The maximum Gasteiger partial charge on any atom is 0.364 e. The Balaban J connectivity index is 2.21. The van der Waals surface area contributed by atoms with E-state index in [1.54, 1.807) is 0 Å². The van der Waals surface area contributed by atoms with Gasteiger partial charge in [0.05, 0.1) is 22.9 Å². The molecule has 6 nitrogen and oxygen atoms in total. The van der Waals surface area contributed by atoms with E-state index in [0.29, 0.717) is 0 Å². The molecule has 3 N–H and O–H groups in total. The minimum absolute atomic E-state index is 0.127. The van der Waals surface area contributed by atoms with Crippen LogP contribution in [0.3, 0.4) is 0 Å². The number of rotatable bonds is 6. The fourth-order valence-electron chi connectivity index (χ4n) is 2.17. The molecule has 26 heavy (non-hydrogen) atoms. The number of aliphatic hydroxyl groups is 1. The minimum Gasteiger partial charge on any atom is -0.395 e. The molecule has 0 fully saturated rings. The number of anilines is 1. The highest BCUT2D eigenvalue weighted by molar-refractivity contribution is 6.31. The summed E-state index contributed by atoms with van der Waals surface area (Å²) in [5, 5.41) is 12.7. The number of alkyl halides is 2. The molecule has 2 amide bonds. The largest absolute Gasteiger partial charge is 0.395 e. The quantitative estimate of drug-likeness (QED) is 0.708. The number of aliphatic hydroxyl groups excluding tert-OH is 1. The highest BCUT2D eigenvalue weighted by Crippen LogP contribution is 2.30. The van der Waals surface area contributed by atoms with E-state index in [-0.39, 0.29) is 22.8 Å². The van der Waals surface area contributed by atoms with Crippen LogP contribution in [0, 0.1) is 5.82 Å². The summed E-state index contributed by atoms with van der Waals surface area (Å²) in [6.07, 6.45) is 1.13. The Labute approximate surface area is 151 Å². The number of hydrogen-bond acceptors (Lipinski definition) is 3. The first kappa shape index (κ1) is 19.8. The number of benzene rings is 1. The molecule has 0 radical (unpaired) electrons. The Bertz CT molecular complexity index is 839. The number of hydrogen-bond donors (Lipinski definition) is 3. The van der Waals surface area contributed by atoms with Crippen LogP contribution in [-0.2, 0) is 17.8 Å². The fourth-order valence-corrected chi connectivity index (χ4v) is 2.36. The van der Waals surface area contributed by atoms with Crippen LogP contribution in [0.4, 0.5) is 18.9 Å². The molecule has 0 unspecified atom stereocenters. The van der Waals surface area contributed by atoms with Gasteiger partial charge in [0.2, 0.25) is 0 Å². The van der Waals surface area contributed by atoms with Gasteiger partial charge in [0.25, 0.3) is 11.8 Å². The predicted molar refractivity (Wildman–Crippen MR) is 88.8 cm³/mol. The van der Waals surface area contributed by atoms with Crippen LogP contribution >= 0.6 is 11.6 Å². The molecule has 0 aliphatic rings. The molecule has 0 spiro atoms. The van der Waals surface area contributed by atoms with Gasteiger partial charge in [-0.05, 0) is 24.3 Å². The summed E-state index contributed by atoms with van der Waals surface area (Å²) in [5.41, 5.74) is -0.646. The van der Waals surface area contributed by atoms with E-state index in [1.165, 1.54) is 19.2 Å². The van der Waals surface area contributed by atoms with Crippen molar-refractivity contribution in [3.8, 4) is 0 Å². The van der Waals surface area contributed by atoms with Crippen LogP contribution in [0.15, 0.2) is 30.5 Å². The maximum absolute atomic E-state index is 14.2. The molecule has 140 valence electrons. The zero-order valence-corrected chi connectivity index (χ0v) is 14.3. The van der Waals surface area contributed by atoms with Crippen molar-refractivity contribution in [3.63, 3.8) is 0 Å². The van der Waals surface area contributed by atoms with Crippen LogP contribution < -0.4 is 10.6 Å². The minimum atomic E-state index is -3.90. The van der Waals surface area contributed by atoms with Gasteiger partial charge in [0, 0.05) is 25.5 Å². The summed E-state index contributed by atoms with van der Waals surface area (Å²) in [4.78, 5) is 23.8. The van der Waals surface area contributed by atoms with E-state index in [9.17, 15) is 22.8 Å². The highest BCUT2D eigenvalue weighted by Gasteiger charge is 2.43. The molecule has 2 rings (SSSR count). The molecule has 2 aromatic rings. The first-order valence-electron chi connectivity index (χ1n) is 7.37. The summed E-state index contributed by atoms with van der Waals surface area (Å²) < 4.78 is 42.5. The van der Waals surface area contributed by atoms with Crippen molar-refractivity contribution in [2.24, 2.45) is 7.05 Å². The van der Waals surface area contributed by atoms with Crippen LogP contribution in [0.1, 0.15) is 16.1 Å². The molecular weight excluding hydrogens is 375 g/mol. The number of aryl methyl sites for hydroxylation is 1. The summed E-state index contributed by atoms with van der Waals surface area (Å²) in [5.74, 6) is -6.90. The molecule has 0 aliphatic carbocycles. The number of nitrogens with zero attached hydrogens (tertiary/aromatic N) is 1. The molecule has 0 bridgehead atoms. The van der Waals surface area contributed by atoms with Gasteiger partial charge in [-0.3, -0.25) is 9.59 Å². The first-order chi connectivity index (χ1) is 12.2. The van der Waals surface area contributed by atoms with Gasteiger partial charge >= 0.3 is 5.92 Å². The topological polar surface area (TPSA) is 83.4 Å². The normalized spacial score (nSPS) is 11.3. The fraction of sp³-hybridized carbons (Fsp3) is 0.250. The lowest BCUT2D eigenvalue weighted by Gasteiger charge is -2.16. The van der Waals surface area contributed by atoms with Gasteiger partial charge in [-0.2, -0.15) is 8.78 Å². The van der Waals surface area contributed by atoms with E-state index in [2.05, 4.69) is 5.32 Å². The number of aromatic nitrogens is 1. The third-order valence-electron chi connectivity index (χ3n) is 3.45. The molecule has 1 aromatic heterocycles. The van der Waals surface area contributed by atoms with Crippen LogP contribution in [0.5, 0.6) is 0 Å². The molecule has 10 heteroatoms. The maximum atomic E-state index is 14.2. The average molecular weight is 390 g/mol. The highest BCUT2D eigenvalue weighted by atomic mass is 35.5. The standard InChI is InChI=1S/C16H15ClF3N3O3/c1-23-8-9(6-13(23)16(19,20)15(26)21-4-5-24)14(25)22-10-2-3-12(18)11(17)7-10/h2-3,6-8,24H,4-5H2,1H3,(H,21,26)(H,22,25). The van der Waals surface area contributed by atoms with Gasteiger partial charge in [-0.25, -0.2) is 4.39 Å². The predicted octanol–water partition coefficient (Wildman–Crippen LogP) is 2.27. The van der Waals surface area contributed by atoms with E-state index >= 15 is 0 Å². The van der Waals surface area contributed by atoms with E-state index in [4.69, 9.17) is 16.7 Å². The molecule has 1 heterocycles. The number of carbonyl (C=O) groups excluding carboxylic acids is 2. The van der Waals surface area contributed by atoms with Crippen molar-refractivity contribution >= 4 is 29.1 Å². The van der Waals surface area contributed by atoms with Crippen molar-refractivity contribution in [2.45, 2.75) is 5.92 Å². The zero-order valence-electron chi connectivity index (χ0n) is 13.5. The number of carbonyl (C=O) groups is 2. The SMILES string of the molecule is Cn1cc(C(=O)Nc2ccc(F)c(Cl)c2)cc1C(F)(F)C(=O)NCCO. The van der Waals surface area contributed by atoms with Crippen LogP contribution in [0.25, 0.3) is 0 Å². The lowest BCUT2D eigenvalue weighted by atomic mass is 10.2. The van der Waals surface area contributed by atoms with Crippen LogP contribution in [-0.4, -0.2) is 34.6 Å². The monoisotopic (exact) mass is 389 g/mol. The summed E-state index contributed by atoms with van der Waals surface area (Å²) in [6, 6.07) is 4.36. The third kappa shape index (κ3) is 4.17. The van der Waals surface area contributed by atoms with Crippen molar-refractivity contribution in [1.29, 1.82) is 0 Å².